The lowest BCUT2D eigenvalue weighted by Crippen LogP contribution is -2.17. The Kier molecular flexibility index (Phi) is 4.55. The highest BCUT2D eigenvalue weighted by molar-refractivity contribution is 14.1. The maximum Gasteiger partial charge on any atom is 0.0557 e. The topological polar surface area (TPSA) is 26.0 Å². The molecule has 0 spiro atoms. The highest BCUT2D eigenvalue weighted by Gasteiger charge is 2.18. The Morgan fingerprint density at radius 2 is 1.35 bits per heavy atom. The van der Waals surface area contributed by atoms with Crippen molar-refractivity contribution in [2.24, 2.45) is 5.73 Å². The normalized spacial score (nSPS) is 12.6. The van der Waals surface area contributed by atoms with Gasteiger partial charge in [0.1, 0.15) is 0 Å². The smallest absolute Gasteiger partial charge is 0.0557 e. The summed E-state index contributed by atoms with van der Waals surface area (Å²) in [5.74, 6) is 0. The molecule has 20 heavy (non-hydrogen) atoms. The van der Waals surface area contributed by atoms with Gasteiger partial charge >= 0.3 is 0 Å². The summed E-state index contributed by atoms with van der Waals surface area (Å²) in [6, 6.07) is 8.42. The number of benzene rings is 2. The van der Waals surface area contributed by atoms with Crippen molar-refractivity contribution in [1.82, 2.24) is 0 Å². The summed E-state index contributed by atoms with van der Waals surface area (Å²) in [5, 5.41) is 0. The summed E-state index contributed by atoms with van der Waals surface area (Å²) in [5.41, 5.74) is 15.8. The minimum atomic E-state index is -0.0530. The SMILES string of the molecule is Cc1c(C)c(C)c(C(N)c2cccc(I)c2)c(C)c1C. The van der Waals surface area contributed by atoms with Crippen LogP contribution in [0.25, 0.3) is 0 Å². The molecule has 2 aromatic carbocycles. The third kappa shape index (κ3) is 2.63. The molecule has 0 aliphatic carbocycles. The molecule has 0 bridgehead atoms. The minimum Gasteiger partial charge on any atom is -0.320 e. The molecule has 0 amide bonds. The van der Waals surface area contributed by atoms with E-state index in [1.165, 1.54) is 42.5 Å². The van der Waals surface area contributed by atoms with Gasteiger partial charge in [-0.2, -0.15) is 0 Å². The second-order valence-corrected chi connectivity index (χ2v) is 6.82. The molecule has 1 unspecified atom stereocenters. The third-order valence-electron chi connectivity index (χ3n) is 4.58. The first-order chi connectivity index (χ1) is 9.34. The summed E-state index contributed by atoms with van der Waals surface area (Å²) < 4.78 is 1.23. The van der Waals surface area contributed by atoms with Gasteiger partial charge in [-0.3, -0.25) is 0 Å². The first kappa shape index (κ1) is 15.5. The second-order valence-electron chi connectivity index (χ2n) is 5.57. The number of hydrogen-bond donors (Lipinski definition) is 1. The maximum absolute atomic E-state index is 6.57. The lowest BCUT2D eigenvalue weighted by Gasteiger charge is -2.23. The number of rotatable bonds is 2. The molecule has 0 aliphatic rings. The van der Waals surface area contributed by atoms with E-state index in [1.807, 2.05) is 0 Å². The van der Waals surface area contributed by atoms with Gasteiger partial charge in [0.05, 0.1) is 6.04 Å². The van der Waals surface area contributed by atoms with Gasteiger partial charge in [0.15, 0.2) is 0 Å². The fraction of sp³-hybridized carbons (Fsp3) is 0.333. The van der Waals surface area contributed by atoms with E-state index in [0.717, 1.165) is 0 Å². The molecule has 106 valence electrons. The Labute approximate surface area is 135 Å². The fourth-order valence-electron chi connectivity index (χ4n) is 2.86. The van der Waals surface area contributed by atoms with Crippen molar-refractivity contribution in [1.29, 1.82) is 0 Å². The van der Waals surface area contributed by atoms with E-state index in [9.17, 15) is 0 Å². The van der Waals surface area contributed by atoms with Crippen LogP contribution in [-0.2, 0) is 0 Å². The maximum atomic E-state index is 6.57. The van der Waals surface area contributed by atoms with Crippen LogP contribution in [0.5, 0.6) is 0 Å². The molecule has 0 radical (unpaired) electrons. The quantitative estimate of drug-likeness (QED) is 0.740. The van der Waals surface area contributed by atoms with Crippen LogP contribution < -0.4 is 5.73 Å². The molecule has 2 aromatic rings. The van der Waals surface area contributed by atoms with Gasteiger partial charge in [0, 0.05) is 3.57 Å². The van der Waals surface area contributed by atoms with Gasteiger partial charge < -0.3 is 5.73 Å². The van der Waals surface area contributed by atoms with Crippen molar-refractivity contribution in [3.8, 4) is 0 Å². The molecule has 1 nitrogen and oxygen atoms in total. The molecule has 0 saturated carbocycles. The molecule has 1 atom stereocenters. The summed E-state index contributed by atoms with van der Waals surface area (Å²) in [6.07, 6.45) is 0. The average Bonchev–Trinajstić information content (AvgIpc) is 2.43. The van der Waals surface area contributed by atoms with Crippen molar-refractivity contribution in [3.05, 3.63) is 66.8 Å². The lowest BCUT2D eigenvalue weighted by molar-refractivity contribution is 0.842. The summed E-state index contributed by atoms with van der Waals surface area (Å²) in [4.78, 5) is 0. The standard InChI is InChI=1S/C18H22IN/c1-10-11(2)13(4)17(14(5)12(10)3)18(20)15-7-6-8-16(19)9-15/h6-9,18H,20H2,1-5H3. The van der Waals surface area contributed by atoms with Crippen LogP contribution in [0.3, 0.4) is 0 Å². The van der Waals surface area contributed by atoms with Crippen LogP contribution in [-0.4, -0.2) is 0 Å². The molecule has 2 rings (SSSR count). The van der Waals surface area contributed by atoms with Gasteiger partial charge in [0.25, 0.3) is 0 Å². The second kappa shape index (κ2) is 5.86. The Hall–Kier alpha value is -0.870. The zero-order valence-corrected chi connectivity index (χ0v) is 15.0. The summed E-state index contributed by atoms with van der Waals surface area (Å²) >= 11 is 2.34. The van der Waals surface area contributed by atoms with Gasteiger partial charge in [-0.05, 0) is 108 Å². The van der Waals surface area contributed by atoms with E-state index < -0.39 is 0 Å². The van der Waals surface area contributed by atoms with Crippen molar-refractivity contribution in [2.75, 3.05) is 0 Å². The van der Waals surface area contributed by atoms with E-state index in [-0.39, 0.29) is 6.04 Å². The van der Waals surface area contributed by atoms with Gasteiger partial charge in [-0.1, -0.05) is 12.1 Å². The van der Waals surface area contributed by atoms with Crippen LogP contribution in [0.1, 0.15) is 45.0 Å². The zero-order valence-electron chi connectivity index (χ0n) is 12.8. The van der Waals surface area contributed by atoms with E-state index in [1.54, 1.807) is 0 Å². The van der Waals surface area contributed by atoms with Crippen molar-refractivity contribution >= 4 is 22.6 Å². The molecular weight excluding hydrogens is 357 g/mol. The predicted molar refractivity (Wildman–Crippen MR) is 95.3 cm³/mol. The Morgan fingerprint density at radius 1 is 0.850 bits per heavy atom. The average molecular weight is 379 g/mol. The molecular formula is C18H22IN. The lowest BCUT2D eigenvalue weighted by atomic mass is 9.84. The first-order valence-corrected chi connectivity index (χ1v) is 8.00. The highest BCUT2D eigenvalue weighted by Crippen LogP contribution is 2.32. The Bertz CT molecular complexity index is 630. The van der Waals surface area contributed by atoms with Crippen molar-refractivity contribution in [3.63, 3.8) is 0 Å². The van der Waals surface area contributed by atoms with Crippen LogP contribution in [0.15, 0.2) is 24.3 Å². The fourth-order valence-corrected chi connectivity index (χ4v) is 3.43. The van der Waals surface area contributed by atoms with Crippen LogP contribution >= 0.6 is 22.6 Å². The van der Waals surface area contributed by atoms with E-state index >= 15 is 0 Å². The van der Waals surface area contributed by atoms with E-state index in [4.69, 9.17) is 5.73 Å². The Balaban J connectivity index is 2.64. The molecule has 0 aliphatic heterocycles. The van der Waals surface area contributed by atoms with Crippen LogP contribution in [0.4, 0.5) is 0 Å². The summed E-state index contributed by atoms with van der Waals surface area (Å²) in [6.45, 7) is 11.0. The highest BCUT2D eigenvalue weighted by atomic mass is 127. The van der Waals surface area contributed by atoms with E-state index in [0.29, 0.717) is 0 Å². The monoisotopic (exact) mass is 379 g/mol. The third-order valence-corrected chi connectivity index (χ3v) is 5.25. The number of hydrogen-bond acceptors (Lipinski definition) is 1. The van der Waals surface area contributed by atoms with Gasteiger partial charge in [-0.25, -0.2) is 0 Å². The van der Waals surface area contributed by atoms with Crippen LogP contribution in [0.2, 0.25) is 0 Å². The number of nitrogens with two attached hydrogens (primary N) is 1. The molecule has 0 saturated heterocycles. The predicted octanol–water partition coefficient (Wildman–Crippen LogP) is 4.88. The van der Waals surface area contributed by atoms with Crippen molar-refractivity contribution in [2.45, 2.75) is 40.7 Å². The zero-order chi connectivity index (χ0) is 15.0. The molecule has 0 heterocycles. The molecule has 2 heteroatoms. The summed E-state index contributed by atoms with van der Waals surface area (Å²) in [7, 11) is 0. The Morgan fingerprint density at radius 3 is 1.85 bits per heavy atom. The molecule has 0 fully saturated rings. The van der Waals surface area contributed by atoms with Gasteiger partial charge in [0.2, 0.25) is 0 Å². The minimum absolute atomic E-state index is 0.0530. The largest absolute Gasteiger partial charge is 0.320 e. The van der Waals surface area contributed by atoms with Gasteiger partial charge in [-0.15, -0.1) is 0 Å². The number of halogens is 1. The molecule has 0 aromatic heterocycles. The first-order valence-electron chi connectivity index (χ1n) is 6.92. The molecule has 2 N–H and O–H groups in total. The van der Waals surface area contributed by atoms with Crippen molar-refractivity contribution < 1.29 is 0 Å². The van der Waals surface area contributed by atoms with Crippen LogP contribution in [0, 0.1) is 38.2 Å². The van der Waals surface area contributed by atoms with E-state index in [2.05, 4.69) is 81.5 Å².